The molecule has 0 unspecified atom stereocenters. The van der Waals surface area contributed by atoms with E-state index in [4.69, 9.17) is 4.98 Å². The molecule has 0 aliphatic carbocycles. The van der Waals surface area contributed by atoms with Crippen LogP contribution in [0.1, 0.15) is 27.0 Å². The van der Waals surface area contributed by atoms with E-state index in [0.29, 0.717) is 17.2 Å². The number of aryl methyl sites for hydroxylation is 2. The molecule has 0 N–H and O–H groups in total. The molecule has 3 aromatic carbocycles. The highest BCUT2D eigenvalue weighted by molar-refractivity contribution is 7.22. The molecule has 3 nitrogen and oxygen atoms in total. The summed E-state index contributed by atoms with van der Waals surface area (Å²) in [5, 5.41) is 0.641. The van der Waals surface area contributed by atoms with Gasteiger partial charge in [-0.1, -0.05) is 47.7 Å². The van der Waals surface area contributed by atoms with Gasteiger partial charge in [-0.2, -0.15) is 0 Å². The van der Waals surface area contributed by atoms with Gasteiger partial charge in [0.15, 0.2) is 5.13 Å². The molecule has 5 heteroatoms. The Morgan fingerprint density at radius 3 is 2.46 bits per heavy atom. The fourth-order valence-corrected chi connectivity index (χ4v) is 4.23. The van der Waals surface area contributed by atoms with Crippen molar-refractivity contribution in [3.8, 4) is 0 Å². The lowest BCUT2D eigenvalue weighted by molar-refractivity contribution is 0.0985. The van der Waals surface area contributed by atoms with Crippen molar-refractivity contribution in [3.63, 3.8) is 0 Å². The number of carbonyl (C=O) groups is 1. The average molecular weight is 390 g/mol. The van der Waals surface area contributed by atoms with Crippen molar-refractivity contribution in [1.29, 1.82) is 0 Å². The molecule has 1 amide bonds. The molecule has 0 bridgehead atoms. The van der Waals surface area contributed by atoms with E-state index in [0.717, 1.165) is 26.9 Å². The summed E-state index contributed by atoms with van der Waals surface area (Å²) >= 11 is 1.51. The number of rotatable bonds is 4. The Bertz CT molecular complexity index is 1140. The van der Waals surface area contributed by atoms with Crippen LogP contribution in [0, 0.1) is 19.7 Å². The Hall–Kier alpha value is -3.05. The molecular weight excluding hydrogens is 371 g/mol. The molecule has 0 radical (unpaired) electrons. The molecule has 0 fully saturated rings. The summed E-state index contributed by atoms with van der Waals surface area (Å²) in [5.41, 5.74) is 4.62. The third-order valence-corrected chi connectivity index (χ3v) is 5.79. The Morgan fingerprint density at radius 2 is 1.75 bits per heavy atom. The van der Waals surface area contributed by atoms with E-state index in [-0.39, 0.29) is 11.7 Å². The minimum atomic E-state index is -0.364. The first-order chi connectivity index (χ1) is 13.5. The summed E-state index contributed by atoms with van der Waals surface area (Å²) in [5.74, 6) is -0.561. The Balaban J connectivity index is 1.79. The summed E-state index contributed by atoms with van der Waals surface area (Å²) in [6.07, 6.45) is 0. The van der Waals surface area contributed by atoms with Crippen LogP contribution in [0.4, 0.5) is 9.52 Å². The molecule has 0 aliphatic rings. The van der Waals surface area contributed by atoms with E-state index in [1.165, 1.54) is 35.6 Å². The number of carbonyl (C=O) groups excluding carboxylic acids is 1. The van der Waals surface area contributed by atoms with Crippen LogP contribution in [0.3, 0.4) is 0 Å². The van der Waals surface area contributed by atoms with E-state index < -0.39 is 0 Å². The molecule has 4 aromatic rings. The van der Waals surface area contributed by atoms with Crippen molar-refractivity contribution in [2.24, 2.45) is 0 Å². The zero-order chi connectivity index (χ0) is 19.7. The second-order valence-electron chi connectivity index (χ2n) is 6.81. The summed E-state index contributed by atoms with van der Waals surface area (Å²) in [6.45, 7) is 4.49. The number of nitrogens with zero attached hydrogens (tertiary/aromatic N) is 2. The molecular formula is C23H19FN2OS. The van der Waals surface area contributed by atoms with Crippen molar-refractivity contribution in [2.75, 3.05) is 4.90 Å². The number of aromatic nitrogens is 1. The number of fused-ring (bicyclic) bond motifs is 1. The van der Waals surface area contributed by atoms with E-state index in [9.17, 15) is 9.18 Å². The van der Waals surface area contributed by atoms with Crippen molar-refractivity contribution < 1.29 is 9.18 Å². The van der Waals surface area contributed by atoms with Crippen LogP contribution in [0.15, 0.2) is 66.7 Å². The van der Waals surface area contributed by atoms with Gasteiger partial charge >= 0.3 is 0 Å². The molecule has 28 heavy (non-hydrogen) atoms. The monoisotopic (exact) mass is 390 g/mol. The fraction of sp³-hybridized carbons (Fsp3) is 0.130. The lowest BCUT2D eigenvalue weighted by Crippen LogP contribution is -2.30. The summed E-state index contributed by atoms with van der Waals surface area (Å²) in [4.78, 5) is 19.7. The average Bonchev–Trinajstić information content (AvgIpc) is 3.11. The van der Waals surface area contributed by atoms with E-state index in [2.05, 4.69) is 13.0 Å². The smallest absolute Gasteiger partial charge is 0.260 e. The van der Waals surface area contributed by atoms with Crippen molar-refractivity contribution in [2.45, 2.75) is 20.4 Å². The SMILES string of the molecule is Cc1cc(C)c2sc(N(Cc3ccccc3)C(=O)c3ccc(F)cc3)nc2c1. The first kappa shape index (κ1) is 18.3. The number of benzene rings is 3. The van der Waals surface area contributed by atoms with Gasteiger partial charge in [0.25, 0.3) is 5.91 Å². The predicted octanol–water partition coefficient (Wildman–Crippen LogP) is 5.90. The van der Waals surface area contributed by atoms with Gasteiger partial charge in [0.05, 0.1) is 16.8 Å². The number of anilines is 1. The maximum absolute atomic E-state index is 13.3. The first-order valence-electron chi connectivity index (χ1n) is 9.00. The molecule has 0 atom stereocenters. The van der Waals surface area contributed by atoms with Crippen molar-refractivity contribution in [3.05, 3.63) is 94.8 Å². The van der Waals surface area contributed by atoms with Gasteiger partial charge in [-0.15, -0.1) is 0 Å². The lowest BCUT2D eigenvalue weighted by atomic mass is 10.1. The Kier molecular flexibility index (Phi) is 4.92. The highest BCUT2D eigenvalue weighted by Crippen LogP contribution is 2.33. The molecule has 0 spiro atoms. The third-order valence-electron chi connectivity index (χ3n) is 4.56. The van der Waals surface area contributed by atoms with E-state index >= 15 is 0 Å². The second kappa shape index (κ2) is 7.52. The minimum Gasteiger partial charge on any atom is -0.279 e. The van der Waals surface area contributed by atoms with Crippen molar-refractivity contribution >= 4 is 32.6 Å². The number of halogens is 1. The van der Waals surface area contributed by atoms with Crippen LogP contribution in [-0.4, -0.2) is 10.9 Å². The fourth-order valence-electron chi connectivity index (χ4n) is 3.22. The third kappa shape index (κ3) is 3.66. The maximum atomic E-state index is 13.3. The molecule has 1 heterocycles. The summed E-state index contributed by atoms with van der Waals surface area (Å²) in [7, 11) is 0. The van der Waals surface area contributed by atoms with Gasteiger partial charge in [-0.05, 0) is 60.9 Å². The van der Waals surface area contributed by atoms with Crippen molar-refractivity contribution in [1.82, 2.24) is 4.98 Å². The lowest BCUT2D eigenvalue weighted by Gasteiger charge is -2.20. The van der Waals surface area contributed by atoms with Gasteiger partial charge < -0.3 is 0 Å². The summed E-state index contributed by atoms with van der Waals surface area (Å²) in [6, 6.07) is 19.6. The molecule has 0 aliphatic heterocycles. The molecule has 4 rings (SSSR count). The number of amides is 1. The van der Waals surface area contributed by atoms with Gasteiger partial charge in [0, 0.05) is 5.56 Å². The van der Waals surface area contributed by atoms with Gasteiger partial charge in [0.2, 0.25) is 0 Å². The molecule has 0 saturated heterocycles. The van der Waals surface area contributed by atoms with Gasteiger partial charge in [0.1, 0.15) is 5.82 Å². The Morgan fingerprint density at radius 1 is 1.04 bits per heavy atom. The Labute approximate surface area is 167 Å². The maximum Gasteiger partial charge on any atom is 0.260 e. The number of thiazole rings is 1. The zero-order valence-corrected chi connectivity index (χ0v) is 16.5. The molecule has 1 aromatic heterocycles. The standard InChI is InChI=1S/C23H19FN2OS/c1-15-12-16(2)21-20(13-15)25-23(28-21)26(14-17-6-4-3-5-7-17)22(27)18-8-10-19(24)11-9-18/h3-13H,14H2,1-2H3. The normalized spacial score (nSPS) is 11.0. The van der Waals surface area contributed by atoms with E-state index in [1.807, 2.05) is 43.3 Å². The van der Waals surface area contributed by atoms with E-state index in [1.54, 1.807) is 4.90 Å². The zero-order valence-electron chi connectivity index (χ0n) is 15.6. The highest BCUT2D eigenvalue weighted by Gasteiger charge is 2.22. The predicted molar refractivity (Wildman–Crippen MR) is 112 cm³/mol. The summed E-state index contributed by atoms with van der Waals surface area (Å²) < 4.78 is 14.4. The molecule has 140 valence electrons. The minimum absolute atomic E-state index is 0.197. The topological polar surface area (TPSA) is 33.2 Å². The van der Waals surface area contributed by atoms with Gasteiger partial charge in [-0.25, -0.2) is 9.37 Å². The highest BCUT2D eigenvalue weighted by atomic mass is 32.1. The van der Waals surface area contributed by atoms with Crippen LogP contribution in [0.2, 0.25) is 0 Å². The van der Waals surface area contributed by atoms with Crippen LogP contribution in [0.25, 0.3) is 10.2 Å². The molecule has 0 saturated carbocycles. The van der Waals surface area contributed by atoms with Gasteiger partial charge in [-0.3, -0.25) is 9.69 Å². The largest absolute Gasteiger partial charge is 0.279 e. The number of hydrogen-bond acceptors (Lipinski definition) is 3. The second-order valence-corrected chi connectivity index (χ2v) is 7.79. The first-order valence-corrected chi connectivity index (χ1v) is 9.82. The van der Waals surface area contributed by atoms with Crippen LogP contribution < -0.4 is 4.90 Å². The van der Waals surface area contributed by atoms with Crippen LogP contribution in [0.5, 0.6) is 0 Å². The number of hydrogen-bond donors (Lipinski definition) is 0. The quantitative estimate of drug-likeness (QED) is 0.435. The van der Waals surface area contributed by atoms with Crippen LogP contribution >= 0.6 is 11.3 Å². The van der Waals surface area contributed by atoms with Crippen LogP contribution in [-0.2, 0) is 6.54 Å².